The topological polar surface area (TPSA) is 55.4 Å². The maximum atomic E-state index is 5.51. The normalized spacial score (nSPS) is 16.0. The van der Waals surface area contributed by atoms with Gasteiger partial charge in [0.05, 0.1) is 50.8 Å². The van der Waals surface area contributed by atoms with Gasteiger partial charge in [-0.2, -0.15) is 0 Å². The first-order valence-electron chi connectivity index (χ1n) is 8.85. The minimum atomic E-state index is 0.151. The van der Waals surface area contributed by atoms with Crippen LogP contribution >= 0.6 is 0 Å². The molecule has 148 valence electrons. The van der Waals surface area contributed by atoms with Gasteiger partial charge in [-0.25, -0.2) is 0 Å². The van der Waals surface area contributed by atoms with Crippen LogP contribution in [0.4, 0.5) is 0 Å². The van der Waals surface area contributed by atoms with E-state index in [1.54, 1.807) is 14.2 Å². The molecule has 0 radical (unpaired) electrons. The molecule has 4 atom stereocenters. The van der Waals surface area contributed by atoms with Crippen molar-refractivity contribution in [1.29, 1.82) is 0 Å². The van der Waals surface area contributed by atoms with E-state index in [1.165, 1.54) is 0 Å². The summed E-state index contributed by atoms with van der Waals surface area (Å²) in [5, 5.41) is 0. The molecular formula is C18H40O6. The molecule has 0 N–H and O–H groups in total. The van der Waals surface area contributed by atoms with E-state index in [9.17, 15) is 0 Å². The number of ether oxygens (including phenoxy) is 6. The highest BCUT2D eigenvalue weighted by Gasteiger charge is 2.06. The zero-order valence-corrected chi connectivity index (χ0v) is 17.0. The Morgan fingerprint density at radius 3 is 1.54 bits per heavy atom. The monoisotopic (exact) mass is 352 g/mol. The predicted molar refractivity (Wildman–Crippen MR) is 96.8 cm³/mol. The van der Waals surface area contributed by atoms with Crippen molar-refractivity contribution in [3.8, 4) is 0 Å². The van der Waals surface area contributed by atoms with Crippen LogP contribution < -0.4 is 0 Å². The van der Waals surface area contributed by atoms with Crippen molar-refractivity contribution in [2.24, 2.45) is 0 Å². The first-order valence-corrected chi connectivity index (χ1v) is 8.85. The molecule has 0 saturated heterocycles. The van der Waals surface area contributed by atoms with Gasteiger partial charge in [-0.15, -0.1) is 0 Å². The number of methoxy groups -OCH3 is 2. The highest BCUT2D eigenvalue weighted by Crippen LogP contribution is 1.97. The molecule has 0 bridgehead atoms. The summed E-state index contributed by atoms with van der Waals surface area (Å²) in [6.07, 6.45) is 0.642. The summed E-state index contributed by atoms with van der Waals surface area (Å²) < 4.78 is 31.4. The highest BCUT2D eigenvalue weighted by atomic mass is 16.6. The third-order valence-corrected chi connectivity index (χ3v) is 3.04. The lowest BCUT2D eigenvalue weighted by Gasteiger charge is -2.16. The molecule has 0 saturated carbocycles. The third-order valence-electron chi connectivity index (χ3n) is 3.04. The van der Waals surface area contributed by atoms with Crippen LogP contribution in [0.3, 0.4) is 0 Å². The number of rotatable bonds is 14. The van der Waals surface area contributed by atoms with Gasteiger partial charge in [0.15, 0.2) is 0 Å². The Bertz CT molecular complexity index is 240. The minimum Gasteiger partial charge on any atom is -0.382 e. The average molecular weight is 353 g/mol. The largest absolute Gasteiger partial charge is 0.382 e. The van der Waals surface area contributed by atoms with E-state index in [0.717, 1.165) is 13.2 Å². The van der Waals surface area contributed by atoms with Crippen molar-refractivity contribution < 1.29 is 28.4 Å². The number of hydrogen-bond donors (Lipinski definition) is 0. The fourth-order valence-corrected chi connectivity index (χ4v) is 1.61. The molecule has 0 rings (SSSR count). The molecule has 0 aromatic heterocycles. The van der Waals surface area contributed by atoms with E-state index in [-0.39, 0.29) is 24.4 Å². The summed E-state index contributed by atoms with van der Waals surface area (Å²) in [5.74, 6) is 0. The molecule has 0 spiro atoms. The van der Waals surface area contributed by atoms with Gasteiger partial charge in [0.1, 0.15) is 0 Å². The van der Waals surface area contributed by atoms with Gasteiger partial charge in [0.2, 0.25) is 0 Å². The second-order valence-corrected chi connectivity index (χ2v) is 5.71. The van der Waals surface area contributed by atoms with Crippen LogP contribution in [0, 0.1) is 0 Å². The van der Waals surface area contributed by atoms with E-state index < -0.39 is 0 Å². The molecule has 0 aliphatic heterocycles. The minimum absolute atomic E-state index is 0.151. The first-order chi connectivity index (χ1) is 11.4. The Hall–Kier alpha value is -0.240. The van der Waals surface area contributed by atoms with Gasteiger partial charge in [0, 0.05) is 27.4 Å². The summed E-state index contributed by atoms with van der Waals surface area (Å²) in [6.45, 7) is 16.0. The van der Waals surface area contributed by atoms with E-state index >= 15 is 0 Å². The summed E-state index contributed by atoms with van der Waals surface area (Å²) >= 11 is 0. The second kappa shape index (κ2) is 19.1. The van der Waals surface area contributed by atoms with Gasteiger partial charge >= 0.3 is 0 Å². The molecule has 0 heterocycles. The maximum Gasteiger partial charge on any atom is 0.0781 e. The SMILES string of the molecule is CCOCC(C)OCC(C)OCC.COCC(C)OCC(C)OC. The second-order valence-electron chi connectivity index (χ2n) is 5.71. The molecule has 6 heteroatoms. The van der Waals surface area contributed by atoms with E-state index in [1.807, 2.05) is 41.5 Å². The third kappa shape index (κ3) is 19.8. The standard InChI is InChI=1S/C10H22O3.C8H18O3/c1-5-11-7-9(3)13-8-10(4)12-6-2;1-7(10-4)6-11-8(2)5-9-3/h9-10H,5-8H2,1-4H3;7-8H,5-6H2,1-4H3. The average Bonchev–Trinajstić information content (AvgIpc) is 2.57. The molecule has 0 aromatic carbocycles. The molecule has 0 amide bonds. The zero-order chi connectivity index (χ0) is 18.8. The Morgan fingerprint density at radius 2 is 1.08 bits per heavy atom. The lowest BCUT2D eigenvalue weighted by atomic mass is 10.4. The molecule has 0 aliphatic rings. The quantitative estimate of drug-likeness (QED) is 0.479. The van der Waals surface area contributed by atoms with Gasteiger partial charge in [0.25, 0.3) is 0 Å². The van der Waals surface area contributed by atoms with Gasteiger partial charge < -0.3 is 28.4 Å². The van der Waals surface area contributed by atoms with Crippen molar-refractivity contribution in [3.63, 3.8) is 0 Å². The lowest BCUT2D eigenvalue weighted by molar-refractivity contribution is -0.0533. The van der Waals surface area contributed by atoms with Crippen molar-refractivity contribution in [3.05, 3.63) is 0 Å². The summed E-state index contributed by atoms with van der Waals surface area (Å²) in [7, 11) is 3.34. The van der Waals surface area contributed by atoms with E-state index in [0.29, 0.717) is 26.4 Å². The van der Waals surface area contributed by atoms with Crippen molar-refractivity contribution in [2.45, 2.75) is 66.0 Å². The van der Waals surface area contributed by atoms with Crippen molar-refractivity contribution >= 4 is 0 Å². The molecule has 0 fully saturated rings. The van der Waals surface area contributed by atoms with Crippen molar-refractivity contribution in [2.75, 3.05) is 53.9 Å². The molecule has 6 nitrogen and oxygen atoms in total. The van der Waals surface area contributed by atoms with E-state index in [4.69, 9.17) is 28.4 Å². The Balaban J connectivity index is 0. The summed E-state index contributed by atoms with van der Waals surface area (Å²) in [4.78, 5) is 0. The highest BCUT2D eigenvalue weighted by molar-refractivity contribution is 4.52. The van der Waals surface area contributed by atoms with Gasteiger partial charge in [-0.05, 0) is 41.5 Å². The summed E-state index contributed by atoms with van der Waals surface area (Å²) in [5.41, 5.74) is 0. The predicted octanol–water partition coefficient (Wildman–Crippen LogP) is 2.93. The first kappa shape index (κ1) is 26.0. The fourth-order valence-electron chi connectivity index (χ4n) is 1.61. The zero-order valence-electron chi connectivity index (χ0n) is 17.0. The summed E-state index contributed by atoms with van der Waals surface area (Å²) in [6, 6.07) is 0. The van der Waals surface area contributed by atoms with Crippen molar-refractivity contribution in [1.82, 2.24) is 0 Å². The number of hydrogen-bond acceptors (Lipinski definition) is 6. The van der Waals surface area contributed by atoms with Crippen LogP contribution in [0.25, 0.3) is 0 Å². The molecule has 0 aromatic rings. The molecule has 24 heavy (non-hydrogen) atoms. The van der Waals surface area contributed by atoms with Crippen LogP contribution in [0.2, 0.25) is 0 Å². The fraction of sp³-hybridized carbons (Fsp3) is 1.00. The van der Waals surface area contributed by atoms with Crippen LogP contribution in [-0.2, 0) is 28.4 Å². The van der Waals surface area contributed by atoms with Crippen LogP contribution in [-0.4, -0.2) is 78.3 Å². The maximum absolute atomic E-state index is 5.51. The Labute approximate surface area is 149 Å². The van der Waals surface area contributed by atoms with Crippen LogP contribution in [0.1, 0.15) is 41.5 Å². The Kier molecular flexibility index (Phi) is 20.7. The molecule has 0 aliphatic carbocycles. The smallest absolute Gasteiger partial charge is 0.0781 e. The Morgan fingerprint density at radius 1 is 0.583 bits per heavy atom. The molecule has 4 unspecified atom stereocenters. The van der Waals surface area contributed by atoms with Gasteiger partial charge in [-0.3, -0.25) is 0 Å². The van der Waals surface area contributed by atoms with Crippen LogP contribution in [0.5, 0.6) is 0 Å². The van der Waals surface area contributed by atoms with E-state index in [2.05, 4.69) is 0 Å². The van der Waals surface area contributed by atoms with Crippen LogP contribution in [0.15, 0.2) is 0 Å². The van der Waals surface area contributed by atoms with Gasteiger partial charge in [-0.1, -0.05) is 0 Å². The lowest BCUT2D eigenvalue weighted by Crippen LogP contribution is -2.23. The molecular weight excluding hydrogens is 312 g/mol.